The van der Waals surface area contributed by atoms with Gasteiger partial charge in [0.05, 0.1) is 30.9 Å². The average Bonchev–Trinajstić information content (AvgIpc) is 3.48. The van der Waals surface area contributed by atoms with Crippen molar-refractivity contribution in [1.82, 2.24) is 9.55 Å². The Morgan fingerprint density at radius 3 is 1.83 bits per heavy atom. The van der Waals surface area contributed by atoms with Crippen molar-refractivity contribution in [2.24, 2.45) is 0 Å². The molecule has 0 bridgehead atoms. The third-order valence-electron chi connectivity index (χ3n) is 8.85. The van der Waals surface area contributed by atoms with E-state index in [0.29, 0.717) is 0 Å². The summed E-state index contributed by atoms with van der Waals surface area (Å²) in [6.07, 6.45) is 2.02. The summed E-state index contributed by atoms with van der Waals surface area (Å²) in [5.41, 5.74) is 11.9. The van der Waals surface area contributed by atoms with Gasteiger partial charge in [0.15, 0.2) is 0 Å². The monoisotopic (exact) mass is 608 g/mol. The van der Waals surface area contributed by atoms with E-state index >= 15 is 0 Å². The maximum atomic E-state index is 5.64. The molecule has 4 nitrogen and oxygen atoms in total. The van der Waals surface area contributed by atoms with E-state index in [9.17, 15) is 0 Å². The predicted octanol–water partition coefficient (Wildman–Crippen LogP) is 10.9. The maximum Gasteiger partial charge on any atom is 0.123 e. The molecule has 0 N–H and O–H groups in total. The normalized spacial score (nSPS) is 11.2. The first-order valence-corrected chi connectivity index (χ1v) is 15.7. The maximum absolute atomic E-state index is 5.64. The van der Waals surface area contributed by atoms with E-state index < -0.39 is 0 Å². The number of rotatable bonds is 7. The summed E-state index contributed by atoms with van der Waals surface area (Å²) in [5, 5.41) is 2.42. The minimum Gasteiger partial charge on any atom is -0.497 e. The molecule has 0 spiro atoms. The highest BCUT2D eigenvalue weighted by molar-refractivity contribution is 6.11. The van der Waals surface area contributed by atoms with Gasteiger partial charge in [-0.25, -0.2) is 0 Å². The van der Waals surface area contributed by atoms with Gasteiger partial charge in [-0.2, -0.15) is 0 Å². The molecule has 0 saturated carbocycles. The van der Waals surface area contributed by atoms with Crippen LogP contribution in [0.5, 0.6) is 11.5 Å². The first-order valence-electron chi connectivity index (χ1n) is 15.7. The second kappa shape index (κ2) is 12.0. The van der Waals surface area contributed by atoms with Crippen LogP contribution >= 0.6 is 0 Å². The Morgan fingerprint density at radius 1 is 0.447 bits per heavy atom. The van der Waals surface area contributed by atoms with Crippen molar-refractivity contribution in [2.45, 2.75) is 0 Å². The minimum atomic E-state index is 0.743. The van der Waals surface area contributed by atoms with E-state index in [2.05, 4.69) is 144 Å². The third-order valence-corrected chi connectivity index (χ3v) is 8.85. The fourth-order valence-electron chi connectivity index (χ4n) is 6.60. The number of methoxy groups -OCH3 is 2. The summed E-state index contributed by atoms with van der Waals surface area (Å²) in [6, 6.07) is 53.1. The average molecular weight is 609 g/mol. The van der Waals surface area contributed by atoms with E-state index in [4.69, 9.17) is 14.5 Å². The van der Waals surface area contributed by atoms with Crippen LogP contribution in [-0.4, -0.2) is 23.8 Å². The number of aromatic nitrogens is 2. The van der Waals surface area contributed by atoms with Crippen LogP contribution in [0.4, 0.5) is 0 Å². The molecular weight excluding hydrogens is 576 g/mol. The predicted molar refractivity (Wildman–Crippen MR) is 193 cm³/mol. The highest BCUT2D eigenvalue weighted by Crippen LogP contribution is 2.42. The number of fused-ring (bicyclic) bond motifs is 3. The number of nitrogens with zero attached hydrogens (tertiary/aromatic N) is 2. The molecule has 0 aliphatic carbocycles. The standard InChI is InChI=1S/C43H32N2O2/c1-46-33-23-31(24-34(26-33)47-2)35-17-9-10-18-36(35)40-28-44-41(29-13-5-3-6-14-29)27-38(40)30-21-22-43-39(25-30)37-19-11-12-20-42(37)45(43)32-15-7-4-8-16-32/h3-28H,1-2H3. The number of para-hydroxylation sites is 2. The fraction of sp³-hybridized carbons (Fsp3) is 0.0465. The smallest absolute Gasteiger partial charge is 0.123 e. The molecule has 226 valence electrons. The van der Waals surface area contributed by atoms with E-state index in [1.54, 1.807) is 14.2 Å². The molecule has 0 radical (unpaired) electrons. The number of hydrogen-bond donors (Lipinski definition) is 0. The summed E-state index contributed by atoms with van der Waals surface area (Å²) in [4.78, 5) is 5.02. The van der Waals surface area contributed by atoms with E-state index in [-0.39, 0.29) is 0 Å². The Balaban J connectivity index is 1.38. The zero-order chi connectivity index (χ0) is 31.7. The molecule has 2 heterocycles. The lowest BCUT2D eigenvalue weighted by molar-refractivity contribution is 0.394. The fourth-order valence-corrected chi connectivity index (χ4v) is 6.60. The van der Waals surface area contributed by atoms with Crippen molar-refractivity contribution < 1.29 is 9.47 Å². The Morgan fingerprint density at radius 2 is 1.09 bits per heavy atom. The molecule has 2 aromatic heterocycles. The van der Waals surface area contributed by atoms with Gasteiger partial charge < -0.3 is 14.0 Å². The molecule has 0 saturated heterocycles. The molecular formula is C43H32N2O2. The van der Waals surface area contributed by atoms with Crippen LogP contribution in [0.2, 0.25) is 0 Å². The van der Waals surface area contributed by atoms with Crippen molar-refractivity contribution >= 4 is 21.8 Å². The number of pyridine rings is 1. The van der Waals surface area contributed by atoms with Gasteiger partial charge in [0, 0.05) is 39.8 Å². The van der Waals surface area contributed by atoms with Crippen molar-refractivity contribution in [3.05, 3.63) is 158 Å². The molecule has 47 heavy (non-hydrogen) atoms. The lowest BCUT2D eigenvalue weighted by atomic mass is 9.89. The lowest BCUT2D eigenvalue weighted by Crippen LogP contribution is -1.95. The van der Waals surface area contributed by atoms with Gasteiger partial charge in [0.1, 0.15) is 11.5 Å². The van der Waals surface area contributed by atoms with Gasteiger partial charge in [-0.05, 0) is 76.3 Å². The molecule has 0 aliphatic rings. The van der Waals surface area contributed by atoms with Crippen LogP contribution in [0.1, 0.15) is 0 Å². The zero-order valence-electron chi connectivity index (χ0n) is 26.2. The van der Waals surface area contributed by atoms with Gasteiger partial charge in [-0.3, -0.25) is 4.98 Å². The van der Waals surface area contributed by atoms with Gasteiger partial charge in [0.25, 0.3) is 0 Å². The van der Waals surface area contributed by atoms with E-state index in [0.717, 1.165) is 61.8 Å². The van der Waals surface area contributed by atoms with Crippen LogP contribution in [0.25, 0.3) is 72.1 Å². The molecule has 0 aliphatic heterocycles. The zero-order valence-corrected chi connectivity index (χ0v) is 26.2. The topological polar surface area (TPSA) is 36.3 Å². The largest absolute Gasteiger partial charge is 0.497 e. The summed E-state index contributed by atoms with van der Waals surface area (Å²) in [7, 11) is 3.36. The van der Waals surface area contributed by atoms with Crippen LogP contribution in [0, 0.1) is 0 Å². The molecule has 0 unspecified atom stereocenters. The first kappa shape index (κ1) is 28.4. The number of benzene rings is 6. The quantitative estimate of drug-likeness (QED) is 0.181. The second-order valence-corrected chi connectivity index (χ2v) is 11.5. The molecule has 0 amide bonds. The van der Waals surface area contributed by atoms with E-state index in [1.165, 1.54) is 21.8 Å². The van der Waals surface area contributed by atoms with Crippen LogP contribution in [0.15, 0.2) is 158 Å². The van der Waals surface area contributed by atoms with Gasteiger partial charge in [-0.15, -0.1) is 0 Å². The minimum absolute atomic E-state index is 0.743. The van der Waals surface area contributed by atoms with Gasteiger partial charge in [-0.1, -0.05) is 97.1 Å². The van der Waals surface area contributed by atoms with Crippen LogP contribution in [-0.2, 0) is 0 Å². The van der Waals surface area contributed by atoms with Gasteiger partial charge in [0.2, 0.25) is 0 Å². The van der Waals surface area contributed by atoms with Crippen LogP contribution in [0.3, 0.4) is 0 Å². The van der Waals surface area contributed by atoms with Crippen molar-refractivity contribution in [3.8, 4) is 61.8 Å². The van der Waals surface area contributed by atoms with Gasteiger partial charge >= 0.3 is 0 Å². The first-order chi connectivity index (χ1) is 23.2. The molecule has 0 fully saturated rings. The van der Waals surface area contributed by atoms with E-state index in [1.807, 2.05) is 18.3 Å². The molecule has 0 atom stereocenters. The van der Waals surface area contributed by atoms with Crippen molar-refractivity contribution in [3.63, 3.8) is 0 Å². The van der Waals surface area contributed by atoms with Crippen LogP contribution < -0.4 is 9.47 Å². The molecule has 8 aromatic rings. The molecule has 8 rings (SSSR count). The Labute approximate surface area is 274 Å². The summed E-state index contributed by atoms with van der Waals surface area (Å²) >= 11 is 0. The summed E-state index contributed by atoms with van der Waals surface area (Å²) < 4.78 is 13.6. The van der Waals surface area contributed by atoms with Crippen molar-refractivity contribution in [2.75, 3.05) is 14.2 Å². The second-order valence-electron chi connectivity index (χ2n) is 11.5. The Bertz CT molecular complexity index is 2350. The lowest BCUT2D eigenvalue weighted by Gasteiger charge is -2.17. The molecule has 6 aromatic carbocycles. The highest BCUT2D eigenvalue weighted by Gasteiger charge is 2.18. The number of ether oxygens (including phenoxy) is 2. The third kappa shape index (κ3) is 5.10. The summed E-state index contributed by atoms with van der Waals surface area (Å²) in [6.45, 7) is 0. The van der Waals surface area contributed by atoms with Crippen molar-refractivity contribution in [1.29, 1.82) is 0 Å². The molecule has 4 heteroatoms. The SMILES string of the molecule is COc1cc(OC)cc(-c2ccccc2-c2cnc(-c3ccccc3)cc2-c2ccc3c(c2)c2ccccc2n3-c2ccccc2)c1. The Hall–Kier alpha value is -6.13. The Kier molecular flexibility index (Phi) is 7.23. The highest BCUT2D eigenvalue weighted by atomic mass is 16.5. The summed E-state index contributed by atoms with van der Waals surface area (Å²) in [5.74, 6) is 1.49. The number of hydrogen-bond acceptors (Lipinski definition) is 3.